The molecule has 0 saturated heterocycles. The van der Waals surface area contributed by atoms with Crippen molar-refractivity contribution < 1.29 is 13.2 Å². The Hall–Kier alpha value is -0.770. The molecule has 1 aromatic heterocycles. The van der Waals surface area contributed by atoms with Gasteiger partial charge >= 0.3 is 6.18 Å². The summed E-state index contributed by atoms with van der Waals surface area (Å²) in [6, 6.07) is 0.865. The number of hydrogen-bond donors (Lipinski definition) is 0. The molecule has 5 heteroatoms. The zero-order chi connectivity index (χ0) is 11.4. The molecule has 0 aromatic carbocycles. The lowest BCUT2D eigenvalue weighted by atomic mass is 10.2. The van der Waals surface area contributed by atoms with Crippen LogP contribution >= 0.6 is 11.6 Å². The first-order chi connectivity index (χ1) is 6.41. The van der Waals surface area contributed by atoms with Gasteiger partial charge in [-0.25, -0.2) is 0 Å². The van der Waals surface area contributed by atoms with E-state index in [1.165, 1.54) is 13.1 Å². The third kappa shape index (κ3) is 3.54. The molecule has 0 unspecified atom stereocenters. The molecular weight excluding hydrogens is 215 g/mol. The maximum atomic E-state index is 12.1. The van der Waals surface area contributed by atoms with Gasteiger partial charge in [0.1, 0.15) is 0 Å². The average molecular weight is 226 g/mol. The van der Waals surface area contributed by atoms with Gasteiger partial charge in [0.15, 0.2) is 0 Å². The van der Waals surface area contributed by atoms with Crippen molar-refractivity contribution in [1.82, 2.24) is 4.98 Å². The van der Waals surface area contributed by atoms with E-state index in [4.69, 9.17) is 11.6 Å². The number of hydrogen-bond acceptors (Lipinski definition) is 1. The monoisotopic (exact) mass is 225 g/mol. The van der Waals surface area contributed by atoms with Crippen LogP contribution < -0.4 is 0 Å². The third-order valence-electron chi connectivity index (χ3n) is 1.36. The molecule has 1 aromatic rings. The van der Waals surface area contributed by atoms with Gasteiger partial charge in [-0.2, -0.15) is 13.2 Å². The summed E-state index contributed by atoms with van der Waals surface area (Å²) in [5.41, 5.74) is -0.845. The van der Waals surface area contributed by atoms with Crippen LogP contribution in [0.2, 0.25) is 5.02 Å². The van der Waals surface area contributed by atoms with Gasteiger partial charge in [0, 0.05) is 11.9 Å². The summed E-state index contributed by atoms with van der Waals surface area (Å²) < 4.78 is 36.4. The highest BCUT2D eigenvalue weighted by atomic mass is 35.5. The van der Waals surface area contributed by atoms with Gasteiger partial charge in [0.2, 0.25) is 0 Å². The Balaban J connectivity index is 0.000000791. The second-order valence-corrected chi connectivity index (χ2v) is 2.72. The van der Waals surface area contributed by atoms with Gasteiger partial charge in [-0.1, -0.05) is 25.4 Å². The number of aromatic nitrogens is 1. The van der Waals surface area contributed by atoms with Gasteiger partial charge in [-0.15, -0.1) is 0 Å². The minimum Gasteiger partial charge on any atom is -0.259 e. The molecule has 14 heavy (non-hydrogen) atoms. The standard InChI is InChI=1S/C7H5ClF3N.C2H6/c1-4-6(7(9,10)11)2-5(8)3-12-4;1-2/h2-3H,1H3;1-2H3. The zero-order valence-electron chi connectivity index (χ0n) is 8.11. The normalized spacial score (nSPS) is 10.5. The number of alkyl halides is 3. The van der Waals surface area contributed by atoms with Crippen LogP contribution in [0.25, 0.3) is 0 Å². The summed E-state index contributed by atoms with van der Waals surface area (Å²) in [4.78, 5) is 3.49. The summed E-state index contributed by atoms with van der Waals surface area (Å²) in [5, 5.41) is -0.00655. The molecule has 0 atom stereocenters. The van der Waals surface area contributed by atoms with Crippen molar-refractivity contribution in [3.05, 3.63) is 28.5 Å². The van der Waals surface area contributed by atoms with Crippen molar-refractivity contribution in [2.75, 3.05) is 0 Å². The minimum absolute atomic E-state index is 0.00655. The summed E-state index contributed by atoms with van der Waals surface area (Å²) in [6.45, 7) is 5.29. The summed E-state index contributed by atoms with van der Waals surface area (Å²) in [5.74, 6) is 0. The van der Waals surface area contributed by atoms with Crippen molar-refractivity contribution >= 4 is 11.6 Å². The zero-order valence-corrected chi connectivity index (χ0v) is 8.87. The molecular formula is C9H11ClF3N. The third-order valence-corrected chi connectivity index (χ3v) is 1.57. The maximum absolute atomic E-state index is 12.1. The number of aryl methyl sites for hydroxylation is 1. The van der Waals surface area contributed by atoms with E-state index in [0.717, 1.165) is 6.07 Å². The smallest absolute Gasteiger partial charge is 0.259 e. The molecule has 1 rings (SSSR count). The van der Waals surface area contributed by atoms with E-state index in [2.05, 4.69) is 4.98 Å². The molecule has 1 nitrogen and oxygen atoms in total. The van der Waals surface area contributed by atoms with Crippen LogP contribution in [0.3, 0.4) is 0 Å². The second-order valence-electron chi connectivity index (χ2n) is 2.28. The van der Waals surface area contributed by atoms with E-state index < -0.39 is 11.7 Å². The quantitative estimate of drug-likeness (QED) is 0.648. The van der Waals surface area contributed by atoms with E-state index in [1.807, 2.05) is 13.8 Å². The van der Waals surface area contributed by atoms with Gasteiger partial charge < -0.3 is 0 Å². The lowest BCUT2D eigenvalue weighted by Gasteiger charge is -2.08. The summed E-state index contributed by atoms with van der Waals surface area (Å²) >= 11 is 5.36. The van der Waals surface area contributed by atoms with E-state index >= 15 is 0 Å². The van der Waals surface area contributed by atoms with Crippen molar-refractivity contribution in [2.45, 2.75) is 26.9 Å². The SMILES string of the molecule is CC.Cc1ncc(Cl)cc1C(F)(F)F. The number of rotatable bonds is 0. The predicted octanol–water partition coefficient (Wildman–Crippen LogP) is 4.09. The molecule has 0 spiro atoms. The van der Waals surface area contributed by atoms with Gasteiger partial charge in [0.05, 0.1) is 10.6 Å². The Labute approximate surface area is 85.9 Å². The average Bonchev–Trinajstić information content (AvgIpc) is 2.11. The molecule has 0 fully saturated rings. The molecule has 0 amide bonds. The Morgan fingerprint density at radius 2 is 1.79 bits per heavy atom. The molecule has 1 heterocycles. The first-order valence-electron chi connectivity index (χ1n) is 4.10. The van der Waals surface area contributed by atoms with Crippen LogP contribution in [0, 0.1) is 6.92 Å². The van der Waals surface area contributed by atoms with Crippen LogP contribution in [0.1, 0.15) is 25.1 Å². The van der Waals surface area contributed by atoms with Crippen LogP contribution in [0.15, 0.2) is 12.3 Å². The number of halogens is 4. The Bertz CT molecular complexity index is 297. The molecule has 0 N–H and O–H groups in total. The Morgan fingerprint density at radius 1 is 1.29 bits per heavy atom. The largest absolute Gasteiger partial charge is 0.418 e. The predicted molar refractivity (Wildman–Crippen MR) is 50.3 cm³/mol. The molecule has 0 aliphatic rings. The minimum atomic E-state index is -4.37. The van der Waals surface area contributed by atoms with Crippen molar-refractivity contribution in [3.63, 3.8) is 0 Å². The highest BCUT2D eigenvalue weighted by Gasteiger charge is 2.33. The van der Waals surface area contributed by atoms with E-state index in [1.54, 1.807) is 0 Å². The Morgan fingerprint density at radius 3 is 2.14 bits per heavy atom. The lowest BCUT2D eigenvalue weighted by Crippen LogP contribution is -2.08. The number of nitrogens with zero attached hydrogens (tertiary/aromatic N) is 1. The van der Waals surface area contributed by atoms with Crippen molar-refractivity contribution in [3.8, 4) is 0 Å². The van der Waals surface area contributed by atoms with Crippen LogP contribution in [0.5, 0.6) is 0 Å². The summed E-state index contributed by atoms with van der Waals surface area (Å²) in [7, 11) is 0. The second kappa shape index (κ2) is 5.20. The Kier molecular flexibility index (Phi) is 4.91. The highest BCUT2D eigenvalue weighted by Crippen LogP contribution is 2.32. The lowest BCUT2D eigenvalue weighted by molar-refractivity contribution is -0.138. The molecule has 0 radical (unpaired) electrons. The first kappa shape index (κ1) is 13.2. The van der Waals surface area contributed by atoms with Crippen LogP contribution in [-0.2, 0) is 6.18 Å². The van der Waals surface area contributed by atoms with E-state index in [-0.39, 0.29) is 10.7 Å². The van der Waals surface area contributed by atoms with Crippen molar-refractivity contribution in [1.29, 1.82) is 0 Å². The molecule has 0 bridgehead atoms. The van der Waals surface area contributed by atoms with E-state index in [0.29, 0.717) is 0 Å². The van der Waals surface area contributed by atoms with Crippen LogP contribution in [-0.4, -0.2) is 4.98 Å². The van der Waals surface area contributed by atoms with E-state index in [9.17, 15) is 13.2 Å². The first-order valence-corrected chi connectivity index (χ1v) is 4.48. The van der Waals surface area contributed by atoms with Gasteiger partial charge in [-0.3, -0.25) is 4.98 Å². The van der Waals surface area contributed by atoms with Gasteiger partial charge in [-0.05, 0) is 13.0 Å². The van der Waals surface area contributed by atoms with Gasteiger partial charge in [0.25, 0.3) is 0 Å². The molecule has 80 valence electrons. The fourth-order valence-corrected chi connectivity index (χ4v) is 0.952. The number of pyridine rings is 1. The molecule has 0 aliphatic heterocycles. The topological polar surface area (TPSA) is 12.9 Å². The molecule has 0 aliphatic carbocycles. The van der Waals surface area contributed by atoms with Crippen molar-refractivity contribution in [2.24, 2.45) is 0 Å². The molecule has 0 saturated carbocycles. The van der Waals surface area contributed by atoms with Crippen LogP contribution in [0.4, 0.5) is 13.2 Å². The fourth-order valence-electron chi connectivity index (χ4n) is 0.795. The highest BCUT2D eigenvalue weighted by molar-refractivity contribution is 6.30. The fraction of sp³-hybridized carbons (Fsp3) is 0.444. The summed E-state index contributed by atoms with van der Waals surface area (Å²) in [6.07, 6.45) is -3.19. The maximum Gasteiger partial charge on any atom is 0.418 e.